The third-order valence-electron chi connectivity index (χ3n) is 4.69. The molecule has 3 aromatic rings. The zero-order valence-corrected chi connectivity index (χ0v) is 15.6. The SMILES string of the molecule is COc1ncc(Nc2ccc(-c3ccc(N4CCCC4=O)cc3)cn2)cc1N. The summed E-state index contributed by atoms with van der Waals surface area (Å²) >= 11 is 0. The van der Waals surface area contributed by atoms with Gasteiger partial charge in [-0.15, -0.1) is 0 Å². The first kappa shape index (κ1) is 17.8. The van der Waals surface area contributed by atoms with Gasteiger partial charge in [0.25, 0.3) is 0 Å². The lowest BCUT2D eigenvalue weighted by atomic mass is 10.1. The van der Waals surface area contributed by atoms with Crippen LogP contribution >= 0.6 is 0 Å². The minimum Gasteiger partial charge on any atom is -0.480 e. The average Bonchev–Trinajstić information content (AvgIpc) is 3.15. The fourth-order valence-corrected chi connectivity index (χ4v) is 3.25. The van der Waals surface area contributed by atoms with Gasteiger partial charge in [0.2, 0.25) is 11.8 Å². The number of ether oxygens (including phenoxy) is 1. The van der Waals surface area contributed by atoms with E-state index in [-0.39, 0.29) is 5.91 Å². The number of carbonyl (C=O) groups excluding carboxylic acids is 1. The number of methoxy groups -OCH3 is 1. The van der Waals surface area contributed by atoms with Gasteiger partial charge in [-0.1, -0.05) is 12.1 Å². The molecule has 4 rings (SSSR count). The second-order valence-corrected chi connectivity index (χ2v) is 6.58. The normalized spacial score (nSPS) is 13.6. The number of pyridine rings is 2. The van der Waals surface area contributed by atoms with Crippen LogP contribution < -0.4 is 20.7 Å². The Hall–Kier alpha value is -3.61. The summed E-state index contributed by atoms with van der Waals surface area (Å²) in [6, 6.07) is 13.6. The van der Waals surface area contributed by atoms with Gasteiger partial charge in [0.15, 0.2) is 0 Å². The van der Waals surface area contributed by atoms with E-state index in [4.69, 9.17) is 10.5 Å². The van der Waals surface area contributed by atoms with Gasteiger partial charge in [0.05, 0.1) is 24.7 Å². The van der Waals surface area contributed by atoms with Crippen molar-refractivity contribution in [1.29, 1.82) is 0 Å². The highest BCUT2D eigenvalue weighted by atomic mass is 16.5. The Morgan fingerprint density at radius 3 is 2.46 bits per heavy atom. The predicted octanol–water partition coefficient (Wildman–Crippen LogP) is 3.60. The molecule has 1 saturated heterocycles. The van der Waals surface area contributed by atoms with Crippen molar-refractivity contribution in [3.63, 3.8) is 0 Å². The van der Waals surface area contributed by atoms with Gasteiger partial charge in [0, 0.05) is 30.4 Å². The lowest BCUT2D eigenvalue weighted by Gasteiger charge is -2.16. The number of nitrogens with zero attached hydrogens (tertiary/aromatic N) is 3. The number of amides is 1. The topological polar surface area (TPSA) is 93.4 Å². The van der Waals surface area contributed by atoms with E-state index >= 15 is 0 Å². The first-order valence-corrected chi connectivity index (χ1v) is 9.07. The molecule has 1 fully saturated rings. The summed E-state index contributed by atoms with van der Waals surface area (Å²) in [5.74, 6) is 1.28. The van der Waals surface area contributed by atoms with Gasteiger partial charge in [0.1, 0.15) is 5.82 Å². The standard InChI is InChI=1S/C21H21N5O2/c1-28-21-18(22)11-16(13-24-21)25-19-9-6-15(12-23-19)14-4-7-17(8-5-14)26-10-2-3-20(26)27/h4-9,11-13H,2-3,10,22H2,1H3,(H,23,25). The first-order chi connectivity index (χ1) is 13.6. The van der Waals surface area contributed by atoms with E-state index in [1.165, 1.54) is 7.11 Å². The zero-order valence-electron chi connectivity index (χ0n) is 15.6. The quantitative estimate of drug-likeness (QED) is 0.708. The second kappa shape index (κ2) is 7.56. The van der Waals surface area contributed by atoms with Gasteiger partial charge in [-0.05, 0) is 42.3 Å². The number of nitrogens with one attached hydrogen (secondary N) is 1. The molecule has 0 bridgehead atoms. The Bertz CT molecular complexity index is 987. The Kier molecular flexibility index (Phi) is 4.80. The van der Waals surface area contributed by atoms with Crippen molar-refractivity contribution in [1.82, 2.24) is 9.97 Å². The van der Waals surface area contributed by atoms with Gasteiger partial charge < -0.3 is 20.7 Å². The molecule has 1 aliphatic rings. The number of rotatable bonds is 5. The van der Waals surface area contributed by atoms with Gasteiger partial charge in [-0.25, -0.2) is 9.97 Å². The van der Waals surface area contributed by atoms with E-state index in [2.05, 4.69) is 15.3 Å². The molecular formula is C21H21N5O2. The smallest absolute Gasteiger partial charge is 0.236 e. The number of hydrogen-bond donors (Lipinski definition) is 2. The van der Waals surface area contributed by atoms with Crippen molar-refractivity contribution in [3.8, 4) is 17.0 Å². The summed E-state index contributed by atoms with van der Waals surface area (Å²) in [6.07, 6.45) is 5.01. The molecule has 0 atom stereocenters. The van der Waals surface area contributed by atoms with Crippen molar-refractivity contribution in [2.24, 2.45) is 0 Å². The summed E-state index contributed by atoms with van der Waals surface area (Å²) in [4.78, 5) is 22.3. The summed E-state index contributed by atoms with van der Waals surface area (Å²) in [6.45, 7) is 0.796. The molecule has 142 valence electrons. The molecule has 0 unspecified atom stereocenters. The van der Waals surface area contributed by atoms with Crippen LogP contribution in [0.15, 0.2) is 54.9 Å². The number of aromatic nitrogens is 2. The molecule has 3 N–H and O–H groups in total. The lowest BCUT2D eigenvalue weighted by Crippen LogP contribution is -2.23. The fraction of sp³-hybridized carbons (Fsp3) is 0.190. The number of carbonyl (C=O) groups is 1. The fourth-order valence-electron chi connectivity index (χ4n) is 3.25. The third-order valence-corrected chi connectivity index (χ3v) is 4.69. The maximum Gasteiger partial charge on any atom is 0.236 e. The number of benzene rings is 1. The molecular weight excluding hydrogens is 354 g/mol. The Morgan fingerprint density at radius 2 is 1.86 bits per heavy atom. The van der Waals surface area contributed by atoms with Gasteiger partial charge >= 0.3 is 0 Å². The molecule has 1 amide bonds. The van der Waals surface area contributed by atoms with Crippen LogP contribution in [0.5, 0.6) is 5.88 Å². The maximum atomic E-state index is 11.9. The van der Waals surface area contributed by atoms with Crippen LogP contribution in [-0.2, 0) is 4.79 Å². The molecule has 1 aliphatic heterocycles. The van der Waals surface area contributed by atoms with E-state index < -0.39 is 0 Å². The number of nitrogens with two attached hydrogens (primary N) is 1. The van der Waals surface area contributed by atoms with Gasteiger partial charge in [-0.3, -0.25) is 4.79 Å². The van der Waals surface area contributed by atoms with Crippen LogP contribution in [0.1, 0.15) is 12.8 Å². The van der Waals surface area contributed by atoms with Gasteiger partial charge in [-0.2, -0.15) is 0 Å². The zero-order chi connectivity index (χ0) is 19.5. The molecule has 0 aliphatic carbocycles. The highest BCUT2D eigenvalue weighted by Crippen LogP contribution is 2.27. The molecule has 0 spiro atoms. The molecule has 3 heterocycles. The van der Waals surface area contributed by atoms with Crippen LogP contribution in [0.4, 0.5) is 22.9 Å². The van der Waals surface area contributed by atoms with Crippen LogP contribution in [-0.4, -0.2) is 29.5 Å². The summed E-state index contributed by atoms with van der Waals surface area (Å²) < 4.78 is 5.06. The van der Waals surface area contributed by atoms with Crippen molar-refractivity contribution < 1.29 is 9.53 Å². The van der Waals surface area contributed by atoms with E-state index in [0.29, 0.717) is 23.8 Å². The van der Waals surface area contributed by atoms with Crippen molar-refractivity contribution >= 4 is 28.8 Å². The average molecular weight is 375 g/mol. The molecule has 0 radical (unpaired) electrons. The Morgan fingerprint density at radius 1 is 1.07 bits per heavy atom. The number of hydrogen-bond acceptors (Lipinski definition) is 6. The summed E-state index contributed by atoms with van der Waals surface area (Å²) in [7, 11) is 1.53. The van der Waals surface area contributed by atoms with E-state index in [1.807, 2.05) is 41.3 Å². The van der Waals surface area contributed by atoms with Crippen molar-refractivity contribution in [2.45, 2.75) is 12.8 Å². The predicted molar refractivity (Wildman–Crippen MR) is 110 cm³/mol. The molecule has 0 saturated carbocycles. The molecule has 28 heavy (non-hydrogen) atoms. The lowest BCUT2D eigenvalue weighted by molar-refractivity contribution is -0.117. The second-order valence-electron chi connectivity index (χ2n) is 6.58. The van der Waals surface area contributed by atoms with Crippen molar-refractivity contribution in [2.75, 3.05) is 29.6 Å². The number of anilines is 4. The first-order valence-electron chi connectivity index (χ1n) is 9.07. The molecule has 7 heteroatoms. The summed E-state index contributed by atoms with van der Waals surface area (Å²) in [5, 5.41) is 3.17. The van der Waals surface area contributed by atoms with Crippen LogP contribution in [0.2, 0.25) is 0 Å². The van der Waals surface area contributed by atoms with Crippen LogP contribution in [0.25, 0.3) is 11.1 Å². The largest absolute Gasteiger partial charge is 0.480 e. The van der Waals surface area contributed by atoms with E-state index in [1.54, 1.807) is 18.5 Å². The van der Waals surface area contributed by atoms with Crippen molar-refractivity contribution in [3.05, 3.63) is 54.9 Å². The van der Waals surface area contributed by atoms with Crippen LogP contribution in [0, 0.1) is 0 Å². The summed E-state index contributed by atoms with van der Waals surface area (Å²) in [5.41, 5.74) is 10.1. The van der Waals surface area contributed by atoms with E-state index in [0.717, 1.165) is 35.5 Å². The molecule has 2 aromatic heterocycles. The molecule has 1 aromatic carbocycles. The third kappa shape index (κ3) is 3.59. The maximum absolute atomic E-state index is 11.9. The molecule has 7 nitrogen and oxygen atoms in total. The van der Waals surface area contributed by atoms with E-state index in [9.17, 15) is 4.79 Å². The Labute approximate surface area is 163 Å². The number of nitrogen functional groups attached to an aromatic ring is 1. The van der Waals surface area contributed by atoms with Crippen LogP contribution in [0.3, 0.4) is 0 Å². The minimum absolute atomic E-state index is 0.193. The minimum atomic E-state index is 0.193. The highest BCUT2D eigenvalue weighted by molar-refractivity contribution is 5.95. The monoisotopic (exact) mass is 375 g/mol. The highest BCUT2D eigenvalue weighted by Gasteiger charge is 2.21. The Balaban J connectivity index is 1.47.